The van der Waals surface area contributed by atoms with E-state index < -0.39 is 17.8 Å². The standard InChI is InChI=1S/C15H18FNO4/c1-21-13-6-5-11(16)8-10(13)9-14(18)17-7-3-2-4-12(17)15(19)20/h5-6,8,12H,2-4,7,9H2,1H3,(H,19,20). The Morgan fingerprint density at radius 1 is 1.43 bits per heavy atom. The largest absolute Gasteiger partial charge is 0.496 e. The van der Waals surface area contributed by atoms with E-state index in [0.29, 0.717) is 24.3 Å². The molecule has 0 spiro atoms. The number of piperidine rings is 1. The first kappa shape index (κ1) is 15.3. The van der Waals surface area contributed by atoms with Crippen molar-refractivity contribution >= 4 is 11.9 Å². The molecule has 21 heavy (non-hydrogen) atoms. The van der Waals surface area contributed by atoms with Gasteiger partial charge in [0.15, 0.2) is 0 Å². The lowest BCUT2D eigenvalue weighted by molar-refractivity contribution is -0.151. The second-order valence-corrected chi connectivity index (χ2v) is 5.07. The number of ether oxygens (including phenoxy) is 1. The van der Waals surface area contributed by atoms with Gasteiger partial charge in [0.1, 0.15) is 17.6 Å². The monoisotopic (exact) mass is 295 g/mol. The number of rotatable bonds is 4. The number of nitrogens with zero attached hydrogens (tertiary/aromatic N) is 1. The molecule has 114 valence electrons. The fraction of sp³-hybridized carbons (Fsp3) is 0.467. The number of likely N-dealkylation sites (tertiary alicyclic amines) is 1. The SMILES string of the molecule is COc1ccc(F)cc1CC(=O)N1CCCCC1C(=O)O. The molecule has 1 fully saturated rings. The molecule has 6 heteroatoms. The molecular formula is C15H18FNO4. The number of amides is 1. The number of benzene rings is 1. The van der Waals surface area contributed by atoms with Gasteiger partial charge in [-0.1, -0.05) is 0 Å². The van der Waals surface area contributed by atoms with Crippen molar-refractivity contribution in [3.05, 3.63) is 29.6 Å². The number of carbonyl (C=O) groups excluding carboxylic acids is 1. The number of aliphatic carboxylic acids is 1. The summed E-state index contributed by atoms with van der Waals surface area (Å²) in [6.45, 7) is 0.424. The molecule has 5 nitrogen and oxygen atoms in total. The molecule has 0 saturated carbocycles. The number of hydrogen-bond acceptors (Lipinski definition) is 3. The van der Waals surface area contributed by atoms with Gasteiger partial charge in [-0.15, -0.1) is 0 Å². The summed E-state index contributed by atoms with van der Waals surface area (Å²) in [7, 11) is 1.45. The fourth-order valence-corrected chi connectivity index (χ4v) is 2.64. The van der Waals surface area contributed by atoms with Crippen LogP contribution >= 0.6 is 0 Å². The summed E-state index contributed by atoms with van der Waals surface area (Å²) in [5.41, 5.74) is 0.428. The van der Waals surface area contributed by atoms with Gasteiger partial charge in [-0.25, -0.2) is 9.18 Å². The predicted molar refractivity (Wildman–Crippen MR) is 73.6 cm³/mol. The van der Waals surface area contributed by atoms with E-state index in [9.17, 15) is 19.1 Å². The van der Waals surface area contributed by atoms with Crippen LogP contribution in [0.2, 0.25) is 0 Å². The first-order valence-electron chi connectivity index (χ1n) is 6.87. The summed E-state index contributed by atoms with van der Waals surface area (Å²) in [4.78, 5) is 24.9. The zero-order valence-electron chi connectivity index (χ0n) is 11.8. The average molecular weight is 295 g/mol. The summed E-state index contributed by atoms with van der Waals surface area (Å²) in [5, 5.41) is 9.19. The summed E-state index contributed by atoms with van der Waals surface area (Å²) in [5.74, 6) is -1.33. The third kappa shape index (κ3) is 3.51. The summed E-state index contributed by atoms with van der Waals surface area (Å²) in [6, 6.07) is 3.18. The van der Waals surface area contributed by atoms with Crippen LogP contribution in [-0.4, -0.2) is 41.6 Å². The molecule has 1 aliphatic heterocycles. The van der Waals surface area contributed by atoms with Crippen LogP contribution in [0, 0.1) is 5.82 Å². The highest BCUT2D eigenvalue weighted by atomic mass is 19.1. The van der Waals surface area contributed by atoms with E-state index in [0.717, 1.165) is 12.8 Å². The Balaban J connectivity index is 2.16. The quantitative estimate of drug-likeness (QED) is 0.920. The van der Waals surface area contributed by atoms with Gasteiger partial charge in [0.05, 0.1) is 13.5 Å². The molecule has 0 bridgehead atoms. The van der Waals surface area contributed by atoms with Gasteiger partial charge in [-0.3, -0.25) is 4.79 Å². The molecular weight excluding hydrogens is 277 g/mol. The molecule has 1 aliphatic rings. The van der Waals surface area contributed by atoms with Crippen LogP contribution in [0.25, 0.3) is 0 Å². The van der Waals surface area contributed by atoms with E-state index in [1.54, 1.807) is 0 Å². The minimum Gasteiger partial charge on any atom is -0.496 e. The Morgan fingerprint density at radius 2 is 2.19 bits per heavy atom. The first-order valence-corrected chi connectivity index (χ1v) is 6.87. The number of halogens is 1. The molecule has 1 heterocycles. The lowest BCUT2D eigenvalue weighted by Crippen LogP contribution is -2.48. The Labute approximate surface area is 122 Å². The maximum Gasteiger partial charge on any atom is 0.326 e. The van der Waals surface area contributed by atoms with E-state index in [-0.39, 0.29) is 12.3 Å². The number of hydrogen-bond donors (Lipinski definition) is 1. The molecule has 1 amide bonds. The van der Waals surface area contributed by atoms with Crippen molar-refractivity contribution in [1.82, 2.24) is 4.90 Å². The molecule has 0 aliphatic carbocycles. The molecule has 1 unspecified atom stereocenters. The average Bonchev–Trinajstić information content (AvgIpc) is 2.47. The van der Waals surface area contributed by atoms with Gasteiger partial charge in [-0.05, 0) is 37.5 Å². The van der Waals surface area contributed by atoms with E-state index >= 15 is 0 Å². The molecule has 0 radical (unpaired) electrons. The van der Waals surface area contributed by atoms with Crippen LogP contribution in [-0.2, 0) is 16.0 Å². The van der Waals surface area contributed by atoms with E-state index in [1.165, 1.54) is 30.2 Å². The summed E-state index contributed by atoms with van der Waals surface area (Å²) < 4.78 is 18.4. The van der Waals surface area contributed by atoms with Crippen LogP contribution in [0.4, 0.5) is 4.39 Å². The van der Waals surface area contributed by atoms with E-state index in [1.807, 2.05) is 0 Å². The van der Waals surface area contributed by atoms with Gasteiger partial charge in [0.2, 0.25) is 5.91 Å². The molecule has 1 saturated heterocycles. The van der Waals surface area contributed by atoms with Crippen molar-refractivity contribution in [2.75, 3.05) is 13.7 Å². The highest BCUT2D eigenvalue weighted by Crippen LogP contribution is 2.23. The lowest BCUT2D eigenvalue weighted by Gasteiger charge is -2.33. The van der Waals surface area contributed by atoms with Crippen LogP contribution in [0.3, 0.4) is 0 Å². The summed E-state index contributed by atoms with van der Waals surface area (Å²) >= 11 is 0. The molecule has 2 rings (SSSR count). The van der Waals surface area contributed by atoms with Crippen LogP contribution in [0.15, 0.2) is 18.2 Å². The minimum absolute atomic E-state index is 0.0648. The fourth-order valence-electron chi connectivity index (χ4n) is 2.64. The highest BCUT2D eigenvalue weighted by Gasteiger charge is 2.32. The Bertz CT molecular complexity index is 546. The third-order valence-electron chi connectivity index (χ3n) is 3.69. The summed E-state index contributed by atoms with van der Waals surface area (Å²) in [6.07, 6.45) is 1.98. The normalized spacial score (nSPS) is 18.4. The number of methoxy groups -OCH3 is 1. The number of carbonyl (C=O) groups is 2. The van der Waals surface area contributed by atoms with Crippen molar-refractivity contribution in [1.29, 1.82) is 0 Å². The van der Waals surface area contributed by atoms with Crippen molar-refractivity contribution < 1.29 is 23.8 Å². The van der Waals surface area contributed by atoms with E-state index in [2.05, 4.69) is 0 Å². The smallest absolute Gasteiger partial charge is 0.326 e. The first-order chi connectivity index (χ1) is 10.0. The molecule has 0 aromatic heterocycles. The number of carboxylic acids is 1. The molecule has 1 aromatic carbocycles. The third-order valence-corrected chi connectivity index (χ3v) is 3.69. The second kappa shape index (κ2) is 6.56. The van der Waals surface area contributed by atoms with Crippen molar-refractivity contribution in [3.8, 4) is 5.75 Å². The van der Waals surface area contributed by atoms with Gasteiger partial charge in [0, 0.05) is 12.1 Å². The predicted octanol–water partition coefficient (Wildman–Crippen LogP) is 1.84. The Kier molecular flexibility index (Phi) is 4.77. The zero-order valence-corrected chi connectivity index (χ0v) is 11.8. The topological polar surface area (TPSA) is 66.8 Å². The molecule has 1 atom stereocenters. The van der Waals surface area contributed by atoms with Crippen LogP contribution < -0.4 is 4.74 Å². The maximum atomic E-state index is 13.3. The van der Waals surface area contributed by atoms with Gasteiger partial charge in [0.25, 0.3) is 0 Å². The molecule has 1 N–H and O–H groups in total. The van der Waals surface area contributed by atoms with Gasteiger partial charge < -0.3 is 14.7 Å². The Morgan fingerprint density at radius 3 is 2.86 bits per heavy atom. The molecule has 1 aromatic rings. The maximum absolute atomic E-state index is 13.3. The second-order valence-electron chi connectivity index (χ2n) is 5.07. The van der Waals surface area contributed by atoms with E-state index in [4.69, 9.17) is 4.74 Å². The van der Waals surface area contributed by atoms with Crippen LogP contribution in [0.1, 0.15) is 24.8 Å². The zero-order chi connectivity index (χ0) is 15.4. The van der Waals surface area contributed by atoms with Crippen molar-refractivity contribution in [2.45, 2.75) is 31.7 Å². The lowest BCUT2D eigenvalue weighted by atomic mass is 10.0. The highest BCUT2D eigenvalue weighted by molar-refractivity contribution is 5.85. The number of carboxylic acid groups (broad SMARTS) is 1. The Hall–Kier alpha value is -2.11. The van der Waals surface area contributed by atoms with Gasteiger partial charge >= 0.3 is 5.97 Å². The van der Waals surface area contributed by atoms with Crippen molar-refractivity contribution in [2.24, 2.45) is 0 Å². The van der Waals surface area contributed by atoms with Crippen molar-refractivity contribution in [3.63, 3.8) is 0 Å². The van der Waals surface area contributed by atoms with Gasteiger partial charge in [-0.2, -0.15) is 0 Å². The minimum atomic E-state index is -0.991. The van der Waals surface area contributed by atoms with Crippen LogP contribution in [0.5, 0.6) is 5.75 Å².